The molecule has 0 radical (unpaired) electrons. The maximum atomic E-state index is 13.2. The third-order valence-corrected chi connectivity index (χ3v) is 5.20. The number of amides is 2. The van der Waals surface area contributed by atoms with E-state index in [1.54, 1.807) is 11.8 Å². The van der Waals surface area contributed by atoms with Crippen LogP contribution in [0.3, 0.4) is 0 Å². The first-order valence-electron chi connectivity index (χ1n) is 9.98. The summed E-state index contributed by atoms with van der Waals surface area (Å²) in [7, 11) is 0. The second-order valence-corrected chi connectivity index (χ2v) is 8.86. The monoisotopic (exact) mass is 414 g/mol. The lowest BCUT2D eigenvalue weighted by Crippen LogP contribution is -2.52. The maximum absolute atomic E-state index is 13.2. The summed E-state index contributed by atoms with van der Waals surface area (Å²) < 4.78 is 0. The van der Waals surface area contributed by atoms with Gasteiger partial charge >= 0.3 is 0 Å². The van der Waals surface area contributed by atoms with Crippen LogP contribution >= 0.6 is 11.6 Å². The Kier molecular flexibility index (Phi) is 7.86. The highest BCUT2D eigenvalue weighted by atomic mass is 35.5. The zero-order chi connectivity index (χ0) is 21.6. The van der Waals surface area contributed by atoms with Gasteiger partial charge in [-0.3, -0.25) is 9.59 Å². The molecule has 1 atom stereocenters. The van der Waals surface area contributed by atoms with Gasteiger partial charge in [-0.05, 0) is 63.8 Å². The van der Waals surface area contributed by atoms with Gasteiger partial charge in [0.05, 0.1) is 0 Å². The fourth-order valence-corrected chi connectivity index (χ4v) is 3.34. The zero-order valence-corrected chi connectivity index (χ0v) is 18.7. The van der Waals surface area contributed by atoms with Crippen LogP contribution in [0.2, 0.25) is 5.02 Å². The van der Waals surface area contributed by atoms with Crippen molar-refractivity contribution in [2.75, 3.05) is 0 Å². The summed E-state index contributed by atoms with van der Waals surface area (Å²) in [5, 5.41) is 3.64. The molecule has 1 N–H and O–H groups in total. The van der Waals surface area contributed by atoms with Gasteiger partial charge < -0.3 is 10.2 Å². The highest BCUT2D eigenvalue weighted by Crippen LogP contribution is 2.19. The Balaban J connectivity index is 2.20. The van der Waals surface area contributed by atoms with Crippen LogP contribution in [0.15, 0.2) is 48.5 Å². The fraction of sp³-hybridized carbons (Fsp3) is 0.417. The summed E-state index contributed by atoms with van der Waals surface area (Å²) in [5.74, 6) is -0.220. The van der Waals surface area contributed by atoms with E-state index in [2.05, 4.69) is 5.32 Å². The predicted octanol–water partition coefficient (Wildman–Crippen LogP) is 4.91. The number of rotatable bonds is 7. The topological polar surface area (TPSA) is 49.4 Å². The molecular weight excluding hydrogens is 384 g/mol. The zero-order valence-electron chi connectivity index (χ0n) is 18.0. The summed E-state index contributed by atoms with van der Waals surface area (Å²) >= 11 is 6.23. The van der Waals surface area contributed by atoms with E-state index in [0.29, 0.717) is 24.4 Å². The molecule has 29 heavy (non-hydrogen) atoms. The first-order valence-corrected chi connectivity index (χ1v) is 10.4. The van der Waals surface area contributed by atoms with Crippen LogP contribution in [0.5, 0.6) is 0 Å². The molecule has 0 saturated carbocycles. The number of hydrogen-bond acceptors (Lipinski definition) is 2. The van der Waals surface area contributed by atoms with E-state index in [9.17, 15) is 9.59 Å². The molecule has 2 aromatic carbocycles. The Morgan fingerprint density at radius 2 is 1.62 bits per heavy atom. The van der Waals surface area contributed by atoms with Gasteiger partial charge in [0.1, 0.15) is 6.04 Å². The van der Waals surface area contributed by atoms with E-state index in [0.717, 1.165) is 16.7 Å². The van der Waals surface area contributed by atoms with Gasteiger partial charge in [-0.2, -0.15) is 0 Å². The van der Waals surface area contributed by atoms with Crippen molar-refractivity contribution in [1.29, 1.82) is 0 Å². The molecule has 5 heteroatoms. The van der Waals surface area contributed by atoms with Gasteiger partial charge in [-0.25, -0.2) is 0 Å². The summed E-state index contributed by atoms with van der Waals surface area (Å²) in [6, 6.07) is 14.9. The van der Waals surface area contributed by atoms with Crippen LogP contribution in [-0.4, -0.2) is 28.3 Å². The second-order valence-electron chi connectivity index (χ2n) is 8.45. The van der Waals surface area contributed by atoms with Crippen molar-refractivity contribution in [2.45, 2.75) is 65.6 Å². The van der Waals surface area contributed by atoms with Crippen LogP contribution in [0.4, 0.5) is 0 Å². The Bertz CT molecular complexity index is 858. The molecule has 4 nitrogen and oxygen atoms in total. The number of benzene rings is 2. The lowest BCUT2D eigenvalue weighted by molar-refractivity contribution is -0.141. The number of nitrogens with one attached hydrogen (secondary N) is 1. The summed E-state index contributed by atoms with van der Waals surface area (Å²) in [6.45, 7) is 9.99. The van der Waals surface area contributed by atoms with Gasteiger partial charge in [-0.15, -0.1) is 0 Å². The minimum absolute atomic E-state index is 0.0651. The average molecular weight is 415 g/mol. The number of halogens is 1. The van der Waals surface area contributed by atoms with Crippen LogP contribution < -0.4 is 5.32 Å². The van der Waals surface area contributed by atoms with Crippen molar-refractivity contribution < 1.29 is 9.59 Å². The van der Waals surface area contributed by atoms with Crippen LogP contribution in [-0.2, 0) is 22.6 Å². The first kappa shape index (κ1) is 23.0. The molecule has 2 aromatic rings. The van der Waals surface area contributed by atoms with Crippen molar-refractivity contribution in [2.24, 2.45) is 0 Å². The average Bonchev–Trinajstić information content (AvgIpc) is 2.64. The van der Waals surface area contributed by atoms with Gasteiger partial charge in [-0.1, -0.05) is 54.1 Å². The minimum Gasteiger partial charge on any atom is -0.350 e. The lowest BCUT2D eigenvalue weighted by atomic mass is 10.0. The molecule has 0 spiro atoms. The molecule has 1 unspecified atom stereocenters. The standard InChI is InChI=1S/C24H31ClN2O2/c1-17-10-6-7-12-20(17)16-27(18(2)23(29)26-24(3,4)5)22(28)15-14-19-11-8-9-13-21(19)25/h6-13,18H,14-16H2,1-5H3,(H,26,29). The normalized spacial score (nSPS) is 12.3. The number of nitrogens with zero attached hydrogens (tertiary/aromatic N) is 1. The number of aryl methyl sites for hydroxylation is 2. The van der Waals surface area contributed by atoms with Crippen molar-refractivity contribution in [3.63, 3.8) is 0 Å². The molecule has 0 aliphatic heterocycles. The molecule has 156 valence electrons. The molecule has 2 amide bonds. The maximum Gasteiger partial charge on any atom is 0.242 e. The summed E-state index contributed by atoms with van der Waals surface area (Å²) in [4.78, 5) is 27.6. The Morgan fingerprint density at radius 3 is 2.21 bits per heavy atom. The van der Waals surface area contributed by atoms with Crippen LogP contribution in [0.1, 0.15) is 50.8 Å². The van der Waals surface area contributed by atoms with E-state index < -0.39 is 6.04 Å². The third-order valence-electron chi connectivity index (χ3n) is 4.83. The van der Waals surface area contributed by atoms with Crippen molar-refractivity contribution in [3.05, 3.63) is 70.2 Å². The van der Waals surface area contributed by atoms with E-state index in [1.165, 1.54) is 0 Å². The summed E-state index contributed by atoms with van der Waals surface area (Å²) in [6.07, 6.45) is 0.832. The fourth-order valence-electron chi connectivity index (χ4n) is 3.11. The van der Waals surface area contributed by atoms with Gasteiger partial charge in [0.15, 0.2) is 0 Å². The molecule has 0 saturated heterocycles. The van der Waals surface area contributed by atoms with Crippen molar-refractivity contribution >= 4 is 23.4 Å². The number of hydrogen-bond donors (Lipinski definition) is 1. The molecule has 2 rings (SSSR count). The number of carbonyl (C=O) groups is 2. The SMILES string of the molecule is Cc1ccccc1CN(C(=O)CCc1ccccc1Cl)C(C)C(=O)NC(C)(C)C. The number of carbonyl (C=O) groups excluding carboxylic acids is 2. The van der Waals surface area contributed by atoms with Crippen LogP contribution in [0, 0.1) is 6.92 Å². The highest BCUT2D eigenvalue weighted by Gasteiger charge is 2.28. The lowest BCUT2D eigenvalue weighted by Gasteiger charge is -2.32. The third kappa shape index (κ3) is 6.90. The Hall–Kier alpha value is -2.33. The predicted molar refractivity (Wildman–Crippen MR) is 119 cm³/mol. The molecule has 0 aliphatic rings. The van der Waals surface area contributed by atoms with Gasteiger partial charge in [0, 0.05) is 23.5 Å². The van der Waals surface area contributed by atoms with Crippen molar-refractivity contribution in [1.82, 2.24) is 10.2 Å². The highest BCUT2D eigenvalue weighted by molar-refractivity contribution is 6.31. The van der Waals surface area contributed by atoms with Gasteiger partial charge in [0.25, 0.3) is 0 Å². The molecule has 0 aromatic heterocycles. The Morgan fingerprint density at radius 1 is 1.03 bits per heavy atom. The van der Waals surface area contributed by atoms with Gasteiger partial charge in [0.2, 0.25) is 11.8 Å². The van der Waals surface area contributed by atoms with Crippen LogP contribution in [0.25, 0.3) is 0 Å². The van der Waals surface area contributed by atoms with E-state index in [-0.39, 0.29) is 17.4 Å². The quantitative estimate of drug-likeness (QED) is 0.699. The largest absolute Gasteiger partial charge is 0.350 e. The molecule has 0 bridgehead atoms. The molecular formula is C24H31ClN2O2. The second kappa shape index (κ2) is 9.93. The van der Waals surface area contributed by atoms with E-state index in [4.69, 9.17) is 11.6 Å². The molecule has 0 heterocycles. The Labute approximate surface area is 179 Å². The molecule has 0 aliphatic carbocycles. The summed E-state index contributed by atoms with van der Waals surface area (Å²) in [5.41, 5.74) is 2.71. The smallest absolute Gasteiger partial charge is 0.242 e. The molecule has 0 fully saturated rings. The van der Waals surface area contributed by atoms with E-state index in [1.807, 2.05) is 76.2 Å². The minimum atomic E-state index is -0.576. The van der Waals surface area contributed by atoms with Crippen molar-refractivity contribution in [3.8, 4) is 0 Å². The van der Waals surface area contributed by atoms with E-state index >= 15 is 0 Å². The first-order chi connectivity index (χ1) is 13.6.